The van der Waals surface area contributed by atoms with Crippen LogP contribution >= 0.6 is 11.6 Å². The third-order valence-electron chi connectivity index (χ3n) is 4.82. The fraction of sp³-hybridized carbons (Fsp3) is 0.421. The minimum Gasteiger partial charge on any atom is -0.487 e. The van der Waals surface area contributed by atoms with Gasteiger partial charge < -0.3 is 4.74 Å². The number of fused-ring (bicyclic) bond motifs is 1. The van der Waals surface area contributed by atoms with E-state index in [9.17, 15) is 0 Å². The summed E-state index contributed by atoms with van der Waals surface area (Å²) in [5.41, 5.74) is 6.77. The maximum atomic E-state index is 6.06. The van der Waals surface area contributed by atoms with Crippen molar-refractivity contribution in [3.63, 3.8) is 0 Å². The standard InChI is InChI=1S/C19H23ClN4O/c1-14-10-15(4-6-17(14)20)13-25-16-5-7-18(21-11-16)19-12-23-8-2-3-9-24(23)22-19/h4-7,10-11,19,22H,2-3,8-9,12-13H2,1H3. The summed E-state index contributed by atoms with van der Waals surface area (Å²) in [6, 6.07) is 10.3. The van der Waals surface area contributed by atoms with Gasteiger partial charge in [0.25, 0.3) is 0 Å². The van der Waals surface area contributed by atoms with Crippen LogP contribution in [0.5, 0.6) is 5.75 Å². The second-order valence-corrected chi connectivity index (χ2v) is 7.12. The molecular formula is C19H23ClN4O. The average molecular weight is 359 g/mol. The van der Waals surface area contributed by atoms with Gasteiger partial charge in [-0.3, -0.25) is 4.98 Å². The van der Waals surface area contributed by atoms with Crippen molar-refractivity contribution >= 4 is 11.6 Å². The van der Waals surface area contributed by atoms with E-state index in [0.717, 1.165) is 47.2 Å². The SMILES string of the molecule is Cc1cc(COc2ccc(C3CN4CCCCN4N3)nc2)ccc1Cl. The molecule has 132 valence electrons. The van der Waals surface area contributed by atoms with E-state index in [1.54, 1.807) is 0 Å². The van der Waals surface area contributed by atoms with Gasteiger partial charge in [0.15, 0.2) is 0 Å². The van der Waals surface area contributed by atoms with Crippen molar-refractivity contribution in [3.05, 3.63) is 58.4 Å². The van der Waals surface area contributed by atoms with E-state index in [-0.39, 0.29) is 6.04 Å². The summed E-state index contributed by atoms with van der Waals surface area (Å²) in [4.78, 5) is 4.60. The van der Waals surface area contributed by atoms with E-state index < -0.39 is 0 Å². The van der Waals surface area contributed by atoms with Crippen LogP contribution in [0.2, 0.25) is 5.02 Å². The van der Waals surface area contributed by atoms with Gasteiger partial charge >= 0.3 is 0 Å². The lowest BCUT2D eigenvalue weighted by Crippen LogP contribution is -2.46. The number of nitrogens with zero attached hydrogens (tertiary/aromatic N) is 3. The zero-order valence-corrected chi connectivity index (χ0v) is 15.2. The van der Waals surface area contributed by atoms with Crippen molar-refractivity contribution in [3.8, 4) is 5.75 Å². The van der Waals surface area contributed by atoms with Crippen LogP contribution in [0.15, 0.2) is 36.5 Å². The van der Waals surface area contributed by atoms with Crippen LogP contribution in [0.3, 0.4) is 0 Å². The van der Waals surface area contributed by atoms with E-state index in [2.05, 4.69) is 32.7 Å². The third kappa shape index (κ3) is 3.80. The highest BCUT2D eigenvalue weighted by atomic mass is 35.5. The first-order valence-corrected chi connectivity index (χ1v) is 9.19. The Hall–Kier alpha value is -1.66. The second kappa shape index (κ2) is 7.30. The largest absolute Gasteiger partial charge is 0.487 e. The highest BCUT2D eigenvalue weighted by Gasteiger charge is 2.32. The molecule has 3 heterocycles. The minimum atomic E-state index is 0.256. The van der Waals surface area contributed by atoms with Crippen LogP contribution < -0.4 is 10.2 Å². The van der Waals surface area contributed by atoms with Crippen molar-refractivity contribution in [2.75, 3.05) is 19.6 Å². The molecule has 1 atom stereocenters. The summed E-state index contributed by atoms with van der Waals surface area (Å²) in [6.07, 6.45) is 4.34. The Labute approximate surface area is 153 Å². The fourth-order valence-corrected chi connectivity index (χ4v) is 3.51. The third-order valence-corrected chi connectivity index (χ3v) is 5.24. The van der Waals surface area contributed by atoms with E-state index in [1.165, 1.54) is 12.8 Å². The smallest absolute Gasteiger partial charge is 0.138 e. The molecule has 2 aliphatic heterocycles. The maximum Gasteiger partial charge on any atom is 0.138 e. The second-order valence-electron chi connectivity index (χ2n) is 6.72. The number of aryl methyl sites for hydroxylation is 1. The molecule has 0 radical (unpaired) electrons. The van der Waals surface area contributed by atoms with Crippen molar-refractivity contribution < 1.29 is 4.74 Å². The van der Waals surface area contributed by atoms with Gasteiger partial charge in [-0.1, -0.05) is 23.7 Å². The number of hydrogen-bond donors (Lipinski definition) is 1. The normalized spacial score (nSPS) is 21.3. The molecule has 2 aliphatic rings. The number of ether oxygens (including phenoxy) is 1. The van der Waals surface area contributed by atoms with Crippen molar-refractivity contribution in [1.82, 2.24) is 20.5 Å². The van der Waals surface area contributed by atoms with Crippen molar-refractivity contribution in [2.24, 2.45) is 0 Å². The number of hydrogen-bond acceptors (Lipinski definition) is 5. The molecule has 0 saturated carbocycles. The number of aromatic nitrogens is 1. The molecule has 1 aromatic heterocycles. The number of pyridine rings is 1. The zero-order valence-electron chi connectivity index (χ0n) is 14.4. The number of halogens is 1. The van der Waals surface area contributed by atoms with Crippen LogP contribution in [0.1, 0.15) is 35.7 Å². The summed E-state index contributed by atoms with van der Waals surface area (Å²) in [5, 5.41) is 5.40. The number of benzene rings is 1. The molecule has 1 aromatic carbocycles. The highest BCUT2D eigenvalue weighted by Crippen LogP contribution is 2.25. The molecule has 0 amide bonds. The first-order chi connectivity index (χ1) is 12.2. The molecule has 2 aromatic rings. The molecule has 2 fully saturated rings. The molecule has 2 saturated heterocycles. The van der Waals surface area contributed by atoms with E-state index in [1.807, 2.05) is 31.3 Å². The van der Waals surface area contributed by atoms with Gasteiger partial charge in [-0.05, 0) is 49.1 Å². The first kappa shape index (κ1) is 16.8. The molecule has 5 nitrogen and oxygen atoms in total. The zero-order chi connectivity index (χ0) is 17.2. The molecule has 0 bridgehead atoms. The quantitative estimate of drug-likeness (QED) is 0.906. The minimum absolute atomic E-state index is 0.256. The Morgan fingerprint density at radius 1 is 1.24 bits per heavy atom. The predicted octanol–water partition coefficient (Wildman–Crippen LogP) is 3.49. The van der Waals surface area contributed by atoms with Gasteiger partial charge in [-0.15, -0.1) is 0 Å². The molecule has 0 aliphatic carbocycles. The average Bonchev–Trinajstić information content (AvgIpc) is 3.07. The van der Waals surface area contributed by atoms with Crippen LogP contribution in [0.4, 0.5) is 0 Å². The van der Waals surface area contributed by atoms with E-state index in [0.29, 0.717) is 6.61 Å². The van der Waals surface area contributed by atoms with E-state index >= 15 is 0 Å². The summed E-state index contributed by atoms with van der Waals surface area (Å²) in [5.74, 6) is 0.785. The Bertz CT molecular complexity index is 723. The number of hydrazine groups is 2. The molecular weight excluding hydrogens is 336 g/mol. The Morgan fingerprint density at radius 3 is 2.88 bits per heavy atom. The lowest BCUT2D eigenvalue weighted by atomic mass is 10.1. The molecule has 25 heavy (non-hydrogen) atoms. The Balaban J connectivity index is 1.36. The van der Waals surface area contributed by atoms with Crippen molar-refractivity contribution in [2.45, 2.75) is 32.4 Å². The fourth-order valence-electron chi connectivity index (χ4n) is 3.39. The first-order valence-electron chi connectivity index (χ1n) is 8.81. The number of nitrogens with one attached hydrogen (secondary N) is 1. The lowest BCUT2D eigenvalue weighted by Gasteiger charge is -2.31. The van der Waals surface area contributed by atoms with Crippen molar-refractivity contribution in [1.29, 1.82) is 0 Å². The molecule has 1 unspecified atom stereocenters. The summed E-state index contributed by atoms with van der Waals surface area (Å²) >= 11 is 6.06. The van der Waals surface area contributed by atoms with Crippen LogP contribution in [-0.2, 0) is 6.61 Å². The molecule has 4 rings (SSSR count). The monoisotopic (exact) mass is 358 g/mol. The Morgan fingerprint density at radius 2 is 2.12 bits per heavy atom. The summed E-state index contributed by atoms with van der Waals surface area (Å²) in [7, 11) is 0. The highest BCUT2D eigenvalue weighted by molar-refractivity contribution is 6.31. The van der Waals surface area contributed by atoms with Gasteiger partial charge in [-0.25, -0.2) is 10.4 Å². The van der Waals surface area contributed by atoms with Gasteiger partial charge in [0.1, 0.15) is 12.4 Å². The van der Waals surface area contributed by atoms with Gasteiger partial charge in [0, 0.05) is 24.7 Å². The van der Waals surface area contributed by atoms with E-state index in [4.69, 9.17) is 16.3 Å². The summed E-state index contributed by atoms with van der Waals surface area (Å²) in [6.45, 7) is 5.71. The summed E-state index contributed by atoms with van der Waals surface area (Å²) < 4.78 is 5.85. The molecule has 1 N–H and O–H groups in total. The van der Waals surface area contributed by atoms with Gasteiger partial charge in [-0.2, -0.15) is 5.12 Å². The molecule has 6 heteroatoms. The predicted molar refractivity (Wildman–Crippen MR) is 98.1 cm³/mol. The van der Waals surface area contributed by atoms with Crippen LogP contribution in [0.25, 0.3) is 0 Å². The van der Waals surface area contributed by atoms with Crippen LogP contribution in [-0.4, -0.2) is 34.7 Å². The van der Waals surface area contributed by atoms with Gasteiger partial charge in [0.05, 0.1) is 17.9 Å². The van der Waals surface area contributed by atoms with Crippen LogP contribution in [0, 0.1) is 6.92 Å². The van der Waals surface area contributed by atoms with Gasteiger partial charge in [0.2, 0.25) is 0 Å². The lowest BCUT2D eigenvalue weighted by molar-refractivity contribution is -0.0375. The topological polar surface area (TPSA) is 40.6 Å². The Kier molecular flexibility index (Phi) is 4.90. The maximum absolute atomic E-state index is 6.06. The molecule has 0 spiro atoms. The number of rotatable bonds is 4.